The van der Waals surface area contributed by atoms with Crippen LogP contribution in [0.2, 0.25) is 0 Å². The van der Waals surface area contributed by atoms with Crippen LogP contribution in [0.4, 0.5) is 0 Å². The third-order valence-corrected chi connectivity index (χ3v) is 4.81. The summed E-state index contributed by atoms with van der Waals surface area (Å²) in [7, 11) is 0. The molecule has 184 valence electrons. The SMILES string of the molecule is CC(O)C(NC(=O)C(N)CCCCN)C(=O)NC(CCC(=O)O)C(=O)NC(CS)C(=O)O. The van der Waals surface area contributed by atoms with Crippen LogP contribution < -0.4 is 27.4 Å². The average molecular weight is 480 g/mol. The number of hydrogen-bond acceptors (Lipinski definition) is 9. The maximum atomic E-state index is 12.6. The summed E-state index contributed by atoms with van der Waals surface area (Å²) in [5.41, 5.74) is 11.2. The van der Waals surface area contributed by atoms with Gasteiger partial charge in [0.1, 0.15) is 18.1 Å². The molecular weight excluding hydrogens is 446 g/mol. The van der Waals surface area contributed by atoms with E-state index < -0.39 is 66.4 Å². The third kappa shape index (κ3) is 11.3. The second-order valence-electron chi connectivity index (χ2n) is 7.19. The van der Waals surface area contributed by atoms with Gasteiger partial charge in [0.25, 0.3) is 0 Å². The number of carboxylic acid groups (broad SMARTS) is 2. The van der Waals surface area contributed by atoms with Crippen LogP contribution in [0.1, 0.15) is 39.0 Å². The van der Waals surface area contributed by atoms with Gasteiger partial charge in [-0.25, -0.2) is 4.79 Å². The number of aliphatic hydroxyl groups is 1. The van der Waals surface area contributed by atoms with Crippen LogP contribution in [0, 0.1) is 0 Å². The molecule has 0 aromatic rings. The maximum Gasteiger partial charge on any atom is 0.327 e. The molecule has 0 aliphatic rings. The van der Waals surface area contributed by atoms with E-state index >= 15 is 0 Å². The molecule has 0 aromatic carbocycles. The molecule has 0 aliphatic heterocycles. The first-order chi connectivity index (χ1) is 14.9. The molecule has 32 heavy (non-hydrogen) atoms. The van der Waals surface area contributed by atoms with Crippen LogP contribution >= 0.6 is 12.6 Å². The largest absolute Gasteiger partial charge is 0.481 e. The summed E-state index contributed by atoms with van der Waals surface area (Å²) < 4.78 is 0. The van der Waals surface area contributed by atoms with E-state index in [1.54, 1.807) is 0 Å². The van der Waals surface area contributed by atoms with E-state index in [1.165, 1.54) is 6.92 Å². The number of amides is 3. The lowest BCUT2D eigenvalue weighted by molar-refractivity contribution is -0.142. The molecule has 13 nitrogen and oxygen atoms in total. The average Bonchev–Trinajstić information content (AvgIpc) is 2.71. The molecule has 0 radical (unpaired) electrons. The van der Waals surface area contributed by atoms with Crippen LogP contribution in [-0.2, 0) is 24.0 Å². The van der Waals surface area contributed by atoms with E-state index in [-0.39, 0.29) is 12.2 Å². The fourth-order valence-corrected chi connectivity index (χ4v) is 2.81. The van der Waals surface area contributed by atoms with E-state index in [4.69, 9.17) is 21.7 Å². The summed E-state index contributed by atoms with van der Waals surface area (Å²) in [5, 5.41) is 34.6. The number of carbonyl (C=O) groups is 5. The lowest BCUT2D eigenvalue weighted by Crippen LogP contribution is -2.59. The van der Waals surface area contributed by atoms with Crippen molar-refractivity contribution in [3.05, 3.63) is 0 Å². The number of hydrogen-bond donors (Lipinski definition) is 9. The number of thiol groups is 1. The van der Waals surface area contributed by atoms with Gasteiger partial charge in [-0.3, -0.25) is 19.2 Å². The van der Waals surface area contributed by atoms with Gasteiger partial charge >= 0.3 is 11.9 Å². The smallest absolute Gasteiger partial charge is 0.327 e. The zero-order chi connectivity index (χ0) is 24.8. The van der Waals surface area contributed by atoms with Crippen molar-refractivity contribution in [3.8, 4) is 0 Å². The Morgan fingerprint density at radius 3 is 1.97 bits per heavy atom. The van der Waals surface area contributed by atoms with Crippen molar-refractivity contribution in [2.24, 2.45) is 11.5 Å². The molecule has 0 rings (SSSR count). The number of unbranched alkanes of at least 4 members (excludes halogenated alkanes) is 1. The summed E-state index contributed by atoms with van der Waals surface area (Å²) in [5.74, 6) is -5.47. The number of carbonyl (C=O) groups excluding carboxylic acids is 3. The maximum absolute atomic E-state index is 12.6. The molecule has 5 unspecified atom stereocenters. The van der Waals surface area contributed by atoms with E-state index in [1.807, 2.05) is 0 Å². The fourth-order valence-electron chi connectivity index (χ4n) is 2.56. The number of nitrogens with two attached hydrogens (primary N) is 2. The molecular formula is C18H33N5O8S. The Morgan fingerprint density at radius 1 is 0.906 bits per heavy atom. The highest BCUT2D eigenvalue weighted by atomic mass is 32.1. The highest BCUT2D eigenvalue weighted by Gasteiger charge is 2.32. The molecule has 0 saturated heterocycles. The summed E-state index contributed by atoms with van der Waals surface area (Å²) in [6, 6.07) is -5.23. The molecule has 5 atom stereocenters. The van der Waals surface area contributed by atoms with Crippen LogP contribution in [0.25, 0.3) is 0 Å². The Balaban J connectivity index is 5.31. The second kappa shape index (κ2) is 15.4. The number of aliphatic carboxylic acids is 2. The predicted octanol–water partition coefficient (Wildman–Crippen LogP) is -2.84. The van der Waals surface area contributed by atoms with Crippen molar-refractivity contribution in [2.75, 3.05) is 12.3 Å². The Kier molecular flexibility index (Phi) is 14.2. The Labute approximate surface area is 191 Å². The molecule has 3 amide bonds. The Bertz CT molecular complexity index is 663. The van der Waals surface area contributed by atoms with Crippen molar-refractivity contribution < 1.29 is 39.3 Å². The van der Waals surface area contributed by atoms with Crippen LogP contribution in [0.5, 0.6) is 0 Å². The zero-order valence-electron chi connectivity index (χ0n) is 17.8. The van der Waals surface area contributed by atoms with Gasteiger partial charge in [-0.1, -0.05) is 6.42 Å². The van der Waals surface area contributed by atoms with Gasteiger partial charge in [0.15, 0.2) is 0 Å². The lowest BCUT2D eigenvalue weighted by atomic mass is 10.1. The molecule has 0 aromatic heterocycles. The normalized spacial score (nSPS) is 15.5. The van der Waals surface area contributed by atoms with Crippen molar-refractivity contribution in [1.82, 2.24) is 16.0 Å². The number of rotatable bonds is 16. The van der Waals surface area contributed by atoms with E-state index in [2.05, 4.69) is 28.6 Å². The molecule has 0 spiro atoms. The standard InChI is InChI=1S/C18H33N5O8S/c1-9(24)14(23-15(27)10(20)4-2-3-7-19)17(29)21-11(5-6-13(25)26)16(28)22-12(8-32)18(30)31/h9-12,14,24,32H,2-8,19-20H2,1H3,(H,21,29)(H,22,28)(H,23,27)(H,25,26)(H,30,31). The molecule has 0 fully saturated rings. The Morgan fingerprint density at radius 2 is 1.50 bits per heavy atom. The first-order valence-electron chi connectivity index (χ1n) is 10.0. The third-order valence-electron chi connectivity index (χ3n) is 4.45. The predicted molar refractivity (Wildman–Crippen MR) is 117 cm³/mol. The minimum Gasteiger partial charge on any atom is -0.481 e. The zero-order valence-corrected chi connectivity index (χ0v) is 18.7. The first kappa shape index (κ1) is 29.6. The summed E-state index contributed by atoms with van der Waals surface area (Å²) in [4.78, 5) is 59.4. The summed E-state index contributed by atoms with van der Waals surface area (Å²) in [6.45, 7) is 1.67. The van der Waals surface area contributed by atoms with Gasteiger partial charge in [0.05, 0.1) is 12.1 Å². The first-order valence-corrected chi connectivity index (χ1v) is 10.7. The number of nitrogens with one attached hydrogen (secondary N) is 3. The lowest BCUT2D eigenvalue weighted by Gasteiger charge is -2.26. The van der Waals surface area contributed by atoms with Crippen LogP contribution in [-0.4, -0.2) is 87.5 Å². The molecule has 0 aliphatic carbocycles. The van der Waals surface area contributed by atoms with Crippen molar-refractivity contribution in [1.29, 1.82) is 0 Å². The molecule has 0 heterocycles. The minimum atomic E-state index is -1.48. The number of carboxylic acids is 2. The molecule has 0 bridgehead atoms. The molecule has 14 heteroatoms. The van der Waals surface area contributed by atoms with Gasteiger partial charge in [0, 0.05) is 12.2 Å². The molecule has 10 N–H and O–H groups in total. The van der Waals surface area contributed by atoms with Gasteiger partial charge in [-0.05, 0) is 32.7 Å². The monoisotopic (exact) mass is 479 g/mol. The quantitative estimate of drug-likeness (QED) is 0.0812. The minimum absolute atomic E-state index is 0.241. The fraction of sp³-hybridized carbons (Fsp3) is 0.722. The number of aliphatic hydroxyl groups excluding tert-OH is 1. The van der Waals surface area contributed by atoms with E-state index in [9.17, 15) is 29.1 Å². The highest BCUT2D eigenvalue weighted by Crippen LogP contribution is 2.04. The van der Waals surface area contributed by atoms with Crippen LogP contribution in [0.3, 0.4) is 0 Å². The summed E-state index contributed by atoms with van der Waals surface area (Å²) >= 11 is 3.82. The highest BCUT2D eigenvalue weighted by molar-refractivity contribution is 7.80. The van der Waals surface area contributed by atoms with Gasteiger partial charge < -0.3 is 42.7 Å². The van der Waals surface area contributed by atoms with E-state index in [0.717, 1.165) is 0 Å². The second-order valence-corrected chi connectivity index (χ2v) is 7.56. The van der Waals surface area contributed by atoms with Gasteiger partial charge in [-0.15, -0.1) is 0 Å². The van der Waals surface area contributed by atoms with Crippen molar-refractivity contribution in [3.63, 3.8) is 0 Å². The van der Waals surface area contributed by atoms with Gasteiger partial charge in [-0.2, -0.15) is 12.6 Å². The van der Waals surface area contributed by atoms with Gasteiger partial charge in [0.2, 0.25) is 17.7 Å². The molecule has 0 saturated carbocycles. The summed E-state index contributed by atoms with van der Waals surface area (Å²) in [6.07, 6.45) is -0.682. The Hall–Kier alpha value is -2.42. The van der Waals surface area contributed by atoms with Crippen LogP contribution in [0.15, 0.2) is 0 Å². The van der Waals surface area contributed by atoms with E-state index in [0.29, 0.717) is 25.8 Å². The topological polar surface area (TPSA) is 234 Å². The van der Waals surface area contributed by atoms with Crippen molar-refractivity contribution >= 4 is 42.3 Å². The van der Waals surface area contributed by atoms with Crippen molar-refractivity contribution in [2.45, 2.75) is 69.3 Å².